The molecule has 0 radical (unpaired) electrons. The van der Waals surface area contributed by atoms with E-state index in [4.69, 9.17) is 5.73 Å². The van der Waals surface area contributed by atoms with Crippen molar-refractivity contribution in [3.8, 4) is 0 Å². The minimum Gasteiger partial charge on any atom is -0.346 e. The molecule has 1 aliphatic heterocycles. The Bertz CT molecular complexity index is 516. The van der Waals surface area contributed by atoms with E-state index in [0.717, 1.165) is 24.9 Å². The minimum atomic E-state index is -0.573. The fourth-order valence-corrected chi connectivity index (χ4v) is 2.77. The van der Waals surface area contributed by atoms with Crippen LogP contribution in [0.3, 0.4) is 0 Å². The predicted octanol–water partition coefficient (Wildman–Crippen LogP) is 1.45. The molecule has 0 aromatic heterocycles. The molecular formula is C17H25N3O2. The van der Waals surface area contributed by atoms with E-state index < -0.39 is 6.04 Å². The van der Waals surface area contributed by atoms with Crippen LogP contribution >= 0.6 is 0 Å². The molecule has 0 bridgehead atoms. The third-order valence-corrected chi connectivity index (χ3v) is 4.19. The highest BCUT2D eigenvalue weighted by Crippen LogP contribution is 2.31. The van der Waals surface area contributed by atoms with Crippen molar-refractivity contribution in [2.45, 2.75) is 38.8 Å². The second kappa shape index (κ2) is 7.40. The lowest BCUT2D eigenvalue weighted by atomic mass is 10.0. The van der Waals surface area contributed by atoms with Gasteiger partial charge in [0.2, 0.25) is 11.8 Å². The summed E-state index contributed by atoms with van der Waals surface area (Å²) in [5, 5.41) is 2.66. The Morgan fingerprint density at radius 1 is 1.32 bits per heavy atom. The lowest BCUT2D eigenvalue weighted by Crippen LogP contribution is -2.47. The average Bonchev–Trinajstić information content (AvgIpc) is 3.01. The van der Waals surface area contributed by atoms with Gasteiger partial charge in [0.25, 0.3) is 0 Å². The second-order valence-electron chi connectivity index (χ2n) is 6.14. The first-order valence-electron chi connectivity index (χ1n) is 7.88. The van der Waals surface area contributed by atoms with Gasteiger partial charge in [-0.2, -0.15) is 0 Å². The molecule has 22 heavy (non-hydrogen) atoms. The van der Waals surface area contributed by atoms with E-state index in [1.807, 2.05) is 49.1 Å². The van der Waals surface area contributed by atoms with Crippen LogP contribution in [0, 0.1) is 5.92 Å². The fourth-order valence-electron chi connectivity index (χ4n) is 2.77. The Morgan fingerprint density at radius 3 is 2.64 bits per heavy atom. The highest BCUT2D eigenvalue weighted by atomic mass is 16.2. The molecule has 0 aliphatic carbocycles. The first-order chi connectivity index (χ1) is 10.5. The maximum Gasteiger partial charge on any atom is 0.242 e. The van der Waals surface area contributed by atoms with E-state index in [9.17, 15) is 9.59 Å². The summed E-state index contributed by atoms with van der Waals surface area (Å²) in [7, 11) is 0. The maximum absolute atomic E-state index is 12.4. The van der Waals surface area contributed by atoms with Gasteiger partial charge in [-0.05, 0) is 24.3 Å². The molecule has 2 rings (SSSR count). The first-order valence-corrected chi connectivity index (χ1v) is 7.88. The first kappa shape index (κ1) is 16.5. The van der Waals surface area contributed by atoms with Crippen LogP contribution in [-0.2, 0) is 9.59 Å². The van der Waals surface area contributed by atoms with Gasteiger partial charge in [-0.1, -0.05) is 44.2 Å². The van der Waals surface area contributed by atoms with E-state index in [1.54, 1.807) is 0 Å². The smallest absolute Gasteiger partial charge is 0.242 e. The molecule has 1 aromatic carbocycles. The van der Waals surface area contributed by atoms with Gasteiger partial charge < -0.3 is 16.0 Å². The molecule has 2 amide bonds. The van der Waals surface area contributed by atoms with Gasteiger partial charge in [0.15, 0.2) is 0 Å². The average molecular weight is 303 g/mol. The lowest BCUT2D eigenvalue weighted by Gasteiger charge is -2.25. The molecule has 2 atom stereocenters. The van der Waals surface area contributed by atoms with Gasteiger partial charge in [0.1, 0.15) is 0 Å². The predicted molar refractivity (Wildman–Crippen MR) is 86.0 cm³/mol. The maximum atomic E-state index is 12.4. The van der Waals surface area contributed by atoms with Crippen LogP contribution in [-0.4, -0.2) is 35.8 Å². The Kier molecular flexibility index (Phi) is 5.55. The molecule has 120 valence electrons. The van der Waals surface area contributed by atoms with Crippen molar-refractivity contribution in [3.63, 3.8) is 0 Å². The highest BCUT2D eigenvalue weighted by molar-refractivity contribution is 5.87. The van der Waals surface area contributed by atoms with Crippen LogP contribution in [0.5, 0.6) is 0 Å². The number of carbonyl (C=O) groups is 2. The zero-order valence-electron chi connectivity index (χ0n) is 13.3. The molecule has 5 heteroatoms. The standard InChI is InChI=1S/C17H25N3O2/c1-12(2)16(18)17(22)19-11-15(21)20-10-6-9-14(20)13-7-4-3-5-8-13/h3-5,7-8,12,14,16H,6,9-11,18H2,1-2H3,(H,19,22)/t14?,16-/m0/s1. The second-order valence-corrected chi connectivity index (χ2v) is 6.14. The quantitative estimate of drug-likeness (QED) is 0.864. The van der Waals surface area contributed by atoms with Crippen LogP contribution in [0.25, 0.3) is 0 Å². The third kappa shape index (κ3) is 3.85. The van der Waals surface area contributed by atoms with Crippen molar-refractivity contribution in [2.75, 3.05) is 13.1 Å². The highest BCUT2D eigenvalue weighted by Gasteiger charge is 2.30. The van der Waals surface area contributed by atoms with E-state index >= 15 is 0 Å². The Labute approximate surface area is 131 Å². The number of nitrogens with two attached hydrogens (primary N) is 1. The van der Waals surface area contributed by atoms with Gasteiger partial charge >= 0.3 is 0 Å². The monoisotopic (exact) mass is 303 g/mol. The number of nitrogens with zero attached hydrogens (tertiary/aromatic N) is 1. The summed E-state index contributed by atoms with van der Waals surface area (Å²) in [6, 6.07) is 9.57. The van der Waals surface area contributed by atoms with Crippen molar-refractivity contribution >= 4 is 11.8 Å². The van der Waals surface area contributed by atoms with Crippen LogP contribution in [0.2, 0.25) is 0 Å². The number of amides is 2. The number of hydrogen-bond donors (Lipinski definition) is 2. The van der Waals surface area contributed by atoms with E-state index in [2.05, 4.69) is 5.32 Å². The van der Waals surface area contributed by atoms with Crippen LogP contribution in [0.15, 0.2) is 30.3 Å². The number of hydrogen-bond acceptors (Lipinski definition) is 3. The number of likely N-dealkylation sites (tertiary alicyclic amines) is 1. The largest absolute Gasteiger partial charge is 0.346 e. The summed E-state index contributed by atoms with van der Waals surface area (Å²) < 4.78 is 0. The molecule has 3 N–H and O–H groups in total. The van der Waals surface area contributed by atoms with E-state index in [-0.39, 0.29) is 30.3 Å². The van der Waals surface area contributed by atoms with Gasteiger partial charge in [0, 0.05) is 6.54 Å². The number of nitrogens with one attached hydrogen (secondary N) is 1. The molecule has 1 aliphatic rings. The van der Waals surface area contributed by atoms with Crippen LogP contribution in [0.4, 0.5) is 0 Å². The Morgan fingerprint density at radius 2 is 2.00 bits per heavy atom. The molecule has 0 saturated carbocycles. The fraction of sp³-hybridized carbons (Fsp3) is 0.529. The van der Waals surface area contributed by atoms with Crippen molar-refractivity contribution in [3.05, 3.63) is 35.9 Å². The molecule has 1 heterocycles. The normalized spacial score (nSPS) is 19.3. The van der Waals surface area contributed by atoms with Crippen molar-refractivity contribution < 1.29 is 9.59 Å². The van der Waals surface area contributed by atoms with Gasteiger partial charge in [-0.15, -0.1) is 0 Å². The topological polar surface area (TPSA) is 75.4 Å². The summed E-state index contributed by atoms with van der Waals surface area (Å²) in [5.41, 5.74) is 6.93. The number of carbonyl (C=O) groups excluding carboxylic acids is 2. The Hall–Kier alpha value is -1.88. The summed E-state index contributed by atoms with van der Waals surface area (Å²) >= 11 is 0. The molecule has 5 nitrogen and oxygen atoms in total. The summed E-state index contributed by atoms with van der Waals surface area (Å²) in [4.78, 5) is 26.1. The van der Waals surface area contributed by atoms with Gasteiger partial charge in [-0.25, -0.2) is 0 Å². The van der Waals surface area contributed by atoms with Crippen LogP contribution in [0.1, 0.15) is 38.3 Å². The van der Waals surface area contributed by atoms with E-state index in [0.29, 0.717) is 0 Å². The molecule has 1 fully saturated rings. The SMILES string of the molecule is CC(C)[C@H](N)C(=O)NCC(=O)N1CCCC1c1ccccc1. The molecule has 1 saturated heterocycles. The molecular weight excluding hydrogens is 278 g/mol. The molecule has 1 aromatic rings. The number of rotatable bonds is 5. The zero-order valence-corrected chi connectivity index (χ0v) is 13.3. The summed E-state index contributed by atoms with van der Waals surface area (Å²) in [6.45, 7) is 4.53. The minimum absolute atomic E-state index is 0.0165. The van der Waals surface area contributed by atoms with Crippen LogP contribution < -0.4 is 11.1 Å². The summed E-state index contributed by atoms with van der Waals surface area (Å²) in [6.07, 6.45) is 1.96. The van der Waals surface area contributed by atoms with Gasteiger partial charge in [0.05, 0.1) is 18.6 Å². The van der Waals surface area contributed by atoms with E-state index in [1.165, 1.54) is 0 Å². The van der Waals surface area contributed by atoms with Crippen molar-refractivity contribution in [1.29, 1.82) is 0 Å². The Balaban J connectivity index is 1.93. The van der Waals surface area contributed by atoms with Crippen molar-refractivity contribution in [2.24, 2.45) is 11.7 Å². The lowest BCUT2D eigenvalue weighted by molar-refractivity contribution is -0.134. The van der Waals surface area contributed by atoms with Gasteiger partial charge in [-0.3, -0.25) is 9.59 Å². The van der Waals surface area contributed by atoms with Crippen molar-refractivity contribution in [1.82, 2.24) is 10.2 Å². The summed E-state index contributed by atoms with van der Waals surface area (Å²) in [5.74, 6) is -0.256. The number of benzene rings is 1. The molecule has 0 spiro atoms. The molecule has 1 unspecified atom stereocenters. The third-order valence-electron chi connectivity index (χ3n) is 4.19. The zero-order chi connectivity index (χ0) is 16.1.